The second kappa shape index (κ2) is 5.05. The van der Waals surface area contributed by atoms with Gasteiger partial charge in [-0.15, -0.1) is 0 Å². The van der Waals surface area contributed by atoms with Gasteiger partial charge in [0.15, 0.2) is 0 Å². The molecule has 4 nitrogen and oxygen atoms in total. The van der Waals surface area contributed by atoms with Gasteiger partial charge in [-0.1, -0.05) is 19.3 Å². The number of rotatable bonds is 0. The van der Waals surface area contributed by atoms with Crippen molar-refractivity contribution in [2.45, 2.75) is 38.7 Å². The predicted octanol–water partition coefficient (Wildman–Crippen LogP) is 1.92. The Hall–Kier alpha value is -0.212. The first-order valence-corrected chi connectivity index (χ1v) is 6.59. The summed E-state index contributed by atoms with van der Waals surface area (Å²) in [5, 5.41) is 23.7. The SMILES string of the molecule is CC1C(O)CC2C(=O)[N-]C(=[N-])C3CCCC1C32.[W+2]. The van der Waals surface area contributed by atoms with E-state index in [0.29, 0.717) is 12.3 Å². The van der Waals surface area contributed by atoms with Crippen molar-refractivity contribution in [3.63, 3.8) is 0 Å². The number of hydrogen-bond acceptors (Lipinski definition) is 2. The van der Waals surface area contributed by atoms with Crippen molar-refractivity contribution in [3.05, 3.63) is 10.7 Å². The number of aliphatic hydroxyl groups excluding tert-OH is 1. The minimum atomic E-state index is -0.389. The van der Waals surface area contributed by atoms with Gasteiger partial charge < -0.3 is 20.6 Å². The summed E-state index contributed by atoms with van der Waals surface area (Å²) in [6.45, 7) is 2.07. The molecule has 5 heteroatoms. The number of amides is 1. The maximum absolute atomic E-state index is 11.9. The average Bonchev–Trinajstić information content (AvgIpc) is 2.31. The molecule has 3 aliphatic rings. The molecular weight excluding hydrogens is 400 g/mol. The smallest absolute Gasteiger partial charge is 0.828 e. The van der Waals surface area contributed by atoms with Crippen LogP contribution in [0.2, 0.25) is 0 Å². The molecule has 0 aromatic heterocycles. The number of aliphatic hydroxyl groups is 1. The second-order valence-corrected chi connectivity index (χ2v) is 5.86. The zero-order chi connectivity index (χ0) is 12.2. The van der Waals surface area contributed by atoms with Crippen LogP contribution in [0.5, 0.6) is 0 Å². The predicted molar refractivity (Wildman–Crippen MR) is 64.3 cm³/mol. The van der Waals surface area contributed by atoms with Crippen LogP contribution in [-0.2, 0) is 25.9 Å². The van der Waals surface area contributed by atoms with E-state index in [1.54, 1.807) is 0 Å². The van der Waals surface area contributed by atoms with Crippen LogP contribution in [0, 0.1) is 29.6 Å². The topological polar surface area (TPSA) is 73.7 Å². The first-order chi connectivity index (χ1) is 8.09. The Balaban J connectivity index is 0.00000120. The number of nitrogens with zero attached hydrogens (tertiary/aromatic N) is 2. The zero-order valence-corrected chi connectivity index (χ0v) is 13.4. The Kier molecular flexibility index (Phi) is 3.98. The van der Waals surface area contributed by atoms with Crippen molar-refractivity contribution >= 4 is 11.7 Å². The summed E-state index contributed by atoms with van der Waals surface area (Å²) in [6.07, 6.45) is 3.19. The van der Waals surface area contributed by atoms with Gasteiger partial charge >= 0.3 is 21.1 Å². The molecule has 6 unspecified atom stereocenters. The van der Waals surface area contributed by atoms with Crippen LogP contribution < -0.4 is 0 Å². The van der Waals surface area contributed by atoms with Crippen LogP contribution in [0.4, 0.5) is 0 Å². The van der Waals surface area contributed by atoms with Gasteiger partial charge in [-0.25, -0.2) is 0 Å². The molecule has 98 valence electrons. The Bertz CT molecular complexity index is 374. The van der Waals surface area contributed by atoms with Crippen molar-refractivity contribution in [2.24, 2.45) is 29.6 Å². The van der Waals surface area contributed by atoms with E-state index in [1.807, 2.05) is 0 Å². The molecule has 6 atom stereocenters. The Labute approximate surface area is 122 Å². The number of carbonyl (C=O) groups excluding carboxylic acids is 1. The van der Waals surface area contributed by atoms with Crippen LogP contribution in [0.3, 0.4) is 0 Å². The standard InChI is InChI=1S/C13H19N2O2.W/c1-6-7-3-2-4-8-11(7)9(5-10(6)16)13(17)15-12(8)14;/h6-11,16H,2-5H2,1H3,(H-,14,15,17);/q-1;+2/p-1. The minimum Gasteiger partial charge on any atom is -0.828 e. The quantitative estimate of drug-likeness (QED) is 0.653. The summed E-state index contributed by atoms with van der Waals surface area (Å²) < 4.78 is 0. The molecule has 1 heterocycles. The summed E-state index contributed by atoms with van der Waals surface area (Å²) in [5.41, 5.74) is 0. The molecule has 0 bridgehead atoms. The Morgan fingerprint density at radius 1 is 1.33 bits per heavy atom. The molecule has 0 aromatic rings. The van der Waals surface area contributed by atoms with Gasteiger partial charge in [0.2, 0.25) is 0 Å². The number of piperidine rings is 1. The van der Waals surface area contributed by atoms with Gasteiger partial charge in [-0.2, -0.15) is 0 Å². The fraction of sp³-hybridized carbons (Fsp3) is 0.846. The number of hydrogen-bond donors (Lipinski definition) is 1. The van der Waals surface area contributed by atoms with Crippen molar-refractivity contribution in [3.8, 4) is 0 Å². The summed E-state index contributed by atoms with van der Waals surface area (Å²) in [6, 6.07) is 0. The largest absolute Gasteiger partial charge is 2.00 e. The van der Waals surface area contributed by atoms with Crippen LogP contribution in [-0.4, -0.2) is 23.0 Å². The van der Waals surface area contributed by atoms with E-state index in [1.165, 1.54) is 0 Å². The number of amidine groups is 1. The first-order valence-electron chi connectivity index (χ1n) is 6.59. The Morgan fingerprint density at radius 3 is 2.78 bits per heavy atom. The maximum atomic E-state index is 11.9. The molecule has 2 aliphatic carbocycles. The van der Waals surface area contributed by atoms with Gasteiger partial charge in [-0.05, 0) is 37.0 Å². The molecule has 0 aromatic carbocycles. The summed E-state index contributed by atoms with van der Waals surface area (Å²) in [7, 11) is 0. The summed E-state index contributed by atoms with van der Waals surface area (Å²) in [4.78, 5) is 11.9. The molecule has 3 rings (SSSR count). The molecule has 0 spiro atoms. The fourth-order valence-corrected chi connectivity index (χ4v) is 4.21. The van der Waals surface area contributed by atoms with Gasteiger partial charge in [0.05, 0.1) is 12.0 Å². The van der Waals surface area contributed by atoms with E-state index >= 15 is 0 Å². The minimum absolute atomic E-state index is 0. The van der Waals surface area contributed by atoms with Crippen molar-refractivity contribution in [1.82, 2.24) is 0 Å². The van der Waals surface area contributed by atoms with E-state index in [4.69, 9.17) is 0 Å². The van der Waals surface area contributed by atoms with Crippen molar-refractivity contribution < 1.29 is 31.0 Å². The van der Waals surface area contributed by atoms with Gasteiger partial charge in [0.25, 0.3) is 0 Å². The van der Waals surface area contributed by atoms with E-state index in [0.717, 1.165) is 19.3 Å². The summed E-state index contributed by atoms with van der Waals surface area (Å²) >= 11 is 0. The summed E-state index contributed by atoms with van der Waals surface area (Å²) in [5.74, 6) is 0.541. The second-order valence-electron chi connectivity index (χ2n) is 5.86. The molecular formula is C13H18N2O2W. The van der Waals surface area contributed by atoms with Gasteiger partial charge in [0, 0.05) is 5.92 Å². The first kappa shape index (κ1) is 14.2. The third kappa shape index (κ3) is 1.98. The normalized spacial score (nSPS) is 46.8. The number of carbonyl (C=O) groups is 1. The average molecular weight is 418 g/mol. The molecule has 3 fully saturated rings. The monoisotopic (exact) mass is 418 g/mol. The molecule has 1 amide bonds. The zero-order valence-electron chi connectivity index (χ0n) is 10.5. The van der Waals surface area contributed by atoms with Gasteiger partial charge in [0.1, 0.15) is 0 Å². The van der Waals surface area contributed by atoms with Crippen LogP contribution in [0.25, 0.3) is 10.7 Å². The Morgan fingerprint density at radius 2 is 2.06 bits per heavy atom. The third-order valence-corrected chi connectivity index (χ3v) is 5.13. The van der Waals surface area contributed by atoms with E-state index < -0.39 is 0 Å². The molecule has 2 saturated carbocycles. The van der Waals surface area contributed by atoms with E-state index in [-0.39, 0.29) is 62.6 Å². The molecule has 1 aliphatic heterocycles. The molecule has 1 saturated heterocycles. The van der Waals surface area contributed by atoms with Crippen molar-refractivity contribution in [1.29, 1.82) is 0 Å². The van der Waals surface area contributed by atoms with Crippen molar-refractivity contribution in [2.75, 3.05) is 0 Å². The van der Waals surface area contributed by atoms with E-state index in [9.17, 15) is 15.3 Å². The van der Waals surface area contributed by atoms with Crippen LogP contribution in [0.1, 0.15) is 32.6 Å². The van der Waals surface area contributed by atoms with E-state index in [2.05, 4.69) is 12.2 Å². The van der Waals surface area contributed by atoms with Crippen LogP contribution >= 0.6 is 0 Å². The molecule has 18 heavy (non-hydrogen) atoms. The molecule has 1 N–H and O–H groups in total. The maximum Gasteiger partial charge on any atom is 2.00 e. The molecule has 0 radical (unpaired) electrons. The van der Waals surface area contributed by atoms with Gasteiger partial charge in [-0.3, -0.25) is 5.84 Å². The fourth-order valence-electron chi connectivity index (χ4n) is 4.21. The van der Waals surface area contributed by atoms with Crippen LogP contribution in [0.15, 0.2) is 0 Å². The third-order valence-electron chi connectivity index (χ3n) is 5.13.